The number of rotatable bonds is 6. The van der Waals surface area contributed by atoms with E-state index in [1.165, 1.54) is 17.2 Å². The summed E-state index contributed by atoms with van der Waals surface area (Å²) in [6, 6.07) is 24.9. The molecule has 192 valence electrons. The number of aromatic nitrogens is 2. The highest BCUT2D eigenvalue weighted by Crippen LogP contribution is 2.29. The Balaban J connectivity index is 1.13. The van der Waals surface area contributed by atoms with E-state index in [1.807, 2.05) is 12.1 Å². The van der Waals surface area contributed by atoms with Crippen molar-refractivity contribution >= 4 is 32.4 Å². The molecule has 0 unspecified atom stereocenters. The van der Waals surface area contributed by atoms with E-state index < -0.39 is 9.84 Å². The van der Waals surface area contributed by atoms with Gasteiger partial charge in [0.25, 0.3) is 0 Å². The molecule has 0 amide bonds. The van der Waals surface area contributed by atoms with Crippen LogP contribution in [0.1, 0.15) is 18.0 Å². The molecule has 1 atom stereocenters. The smallest absolute Gasteiger partial charge is 0.175 e. The highest BCUT2D eigenvalue weighted by Gasteiger charge is 2.26. The van der Waals surface area contributed by atoms with Crippen LogP contribution in [-0.4, -0.2) is 68.4 Å². The van der Waals surface area contributed by atoms with Crippen molar-refractivity contribution in [3.63, 3.8) is 0 Å². The summed E-state index contributed by atoms with van der Waals surface area (Å²) in [5.41, 5.74) is 3.50. The Morgan fingerprint density at radius 2 is 1.57 bits per heavy atom. The van der Waals surface area contributed by atoms with Gasteiger partial charge in [-0.25, -0.2) is 13.4 Å². The van der Waals surface area contributed by atoms with Gasteiger partial charge in [0.2, 0.25) is 0 Å². The van der Waals surface area contributed by atoms with Gasteiger partial charge in [0, 0.05) is 75.4 Å². The molecular formula is C29H33N5O2S. The van der Waals surface area contributed by atoms with Crippen molar-refractivity contribution in [2.45, 2.75) is 23.9 Å². The quantitative estimate of drug-likeness (QED) is 0.383. The maximum Gasteiger partial charge on any atom is 0.175 e. The van der Waals surface area contributed by atoms with Crippen LogP contribution in [0.5, 0.6) is 0 Å². The summed E-state index contributed by atoms with van der Waals surface area (Å²) in [7, 11) is -3.18. The Hall–Kier alpha value is -3.36. The molecule has 0 saturated carbocycles. The minimum atomic E-state index is -3.18. The Bertz CT molecular complexity index is 1480. The zero-order valence-corrected chi connectivity index (χ0v) is 22.0. The van der Waals surface area contributed by atoms with Crippen LogP contribution >= 0.6 is 0 Å². The van der Waals surface area contributed by atoms with Gasteiger partial charge in [-0.1, -0.05) is 30.3 Å². The molecule has 0 radical (unpaired) electrons. The minimum absolute atomic E-state index is 0.362. The maximum absolute atomic E-state index is 11.8. The van der Waals surface area contributed by atoms with Crippen LogP contribution in [0, 0.1) is 0 Å². The van der Waals surface area contributed by atoms with Gasteiger partial charge in [0.1, 0.15) is 11.5 Å². The lowest BCUT2D eigenvalue weighted by molar-refractivity contribution is 0.317. The monoisotopic (exact) mass is 515 g/mol. The highest BCUT2D eigenvalue weighted by molar-refractivity contribution is 7.90. The SMILES string of the molecule is CS(=O)(=O)c1ccc(N2CCN(c3ccc4ccn([C@@H]5CCN(Cc6ccccc6)C5)c4n3)CC2)cc1. The molecule has 8 heteroatoms. The second kappa shape index (κ2) is 9.84. The van der Waals surface area contributed by atoms with Gasteiger partial charge in [0.05, 0.1) is 4.90 Å². The molecule has 4 heterocycles. The van der Waals surface area contributed by atoms with Crippen molar-refractivity contribution in [3.8, 4) is 0 Å². The number of piperazine rings is 1. The zero-order valence-electron chi connectivity index (χ0n) is 21.2. The first-order chi connectivity index (χ1) is 17.9. The van der Waals surface area contributed by atoms with Gasteiger partial charge >= 0.3 is 0 Å². The van der Waals surface area contributed by atoms with E-state index in [9.17, 15) is 8.42 Å². The van der Waals surface area contributed by atoms with Crippen LogP contribution in [0.15, 0.2) is 83.9 Å². The second-order valence-corrected chi connectivity index (χ2v) is 12.2. The van der Waals surface area contributed by atoms with Crippen molar-refractivity contribution in [2.24, 2.45) is 0 Å². The van der Waals surface area contributed by atoms with Gasteiger partial charge in [-0.05, 0) is 54.4 Å². The number of pyridine rings is 1. The average molecular weight is 516 g/mol. The number of fused-ring (bicyclic) bond motifs is 1. The molecule has 2 aromatic carbocycles. The zero-order chi connectivity index (χ0) is 25.4. The average Bonchev–Trinajstić information content (AvgIpc) is 3.55. The number of hydrogen-bond donors (Lipinski definition) is 0. The van der Waals surface area contributed by atoms with E-state index >= 15 is 0 Å². The molecule has 2 saturated heterocycles. The minimum Gasteiger partial charge on any atom is -0.368 e. The largest absolute Gasteiger partial charge is 0.368 e. The van der Waals surface area contributed by atoms with Crippen molar-refractivity contribution in [3.05, 3.63) is 84.6 Å². The lowest BCUT2D eigenvalue weighted by Gasteiger charge is -2.36. The Morgan fingerprint density at radius 1 is 0.838 bits per heavy atom. The fourth-order valence-corrected chi connectivity index (χ4v) is 6.24. The predicted molar refractivity (Wildman–Crippen MR) is 149 cm³/mol. The van der Waals surface area contributed by atoms with Crippen LogP contribution in [-0.2, 0) is 16.4 Å². The van der Waals surface area contributed by atoms with E-state index in [4.69, 9.17) is 4.98 Å². The summed E-state index contributed by atoms with van der Waals surface area (Å²) in [6.45, 7) is 6.64. The Labute approximate surface area is 218 Å². The summed E-state index contributed by atoms with van der Waals surface area (Å²) in [6.07, 6.45) is 4.59. The highest BCUT2D eigenvalue weighted by atomic mass is 32.2. The molecule has 0 aliphatic carbocycles. The fraction of sp³-hybridized carbons (Fsp3) is 0.345. The number of benzene rings is 2. The van der Waals surface area contributed by atoms with Gasteiger partial charge in [-0.2, -0.15) is 0 Å². The third-order valence-electron chi connectivity index (χ3n) is 7.67. The van der Waals surface area contributed by atoms with Crippen LogP contribution in [0.2, 0.25) is 0 Å². The lowest BCUT2D eigenvalue weighted by atomic mass is 10.2. The molecule has 2 aliphatic rings. The first kappa shape index (κ1) is 24.0. The van der Waals surface area contributed by atoms with Crippen molar-refractivity contribution in [1.82, 2.24) is 14.5 Å². The predicted octanol–water partition coefficient (Wildman–Crippen LogP) is 4.21. The van der Waals surface area contributed by atoms with Gasteiger partial charge < -0.3 is 14.4 Å². The molecular weight excluding hydrogens is 482 g/mol. The van der Waals surface area contributed by atoms with Gasteiger partial charge in [-0.3, -0.25) is 4.90 Å². The van der Waals surface area contributed by atoms with E-state index in [0.717, 1.165) is 69.4 Å². The summed E-state index contributed by atoms with van der Waals surface area (Å²) >= 11 is 0. The molecule has 4 aromatic rings. The number of anilines is 2. The fourth-order valence-electron chi connectivity index (χ4n) is 5.61. The number of hydrogen-bond acceptors (Lipinski definition) is 6. The summed E-state index contributed by atoms with van der Waals surface area (Å²) in [5, 5.41) is 1.19. The topological polar surface area (TPSA) is 61.7 Å². The van der Waals surface area contributed by atoms with Crippen LogP contribution in [0.4, 0.5) is 11.5 Å². The van der Waals surface area contributed by atoms with Crippen LogP contribution in [0.3, 0.4) is 0 Å². The maximum atomic E-state index is 11.8. The number of sulfone groups is 1. The van der Waals surface area contributed by atoms with Crippen molar-refractivity contribution in [2.75, 3.05) is 55.3 Å². The third-order valence-corrected chi connectivity index (χ3v) is 8.80. The molecule has 2 aliphatic heterocycles. The summed E-state index contributed by atoms with van der Waals surface area (Å²) in [5.74, 6) is 1.03. The van der Waals surface area contributed by atoms with E-state index in [1.54, 1.807) is 12.1 Å². The Morgan fingerprint density at radius 3 is 2.30 bits per heavy atom. The molecule has 0 spiro atoms. The first-order valence-electron chi connectivity index (χ1n) is 13.0. The van der Waals surface area contributed by atoms with Gasteiger partial charge in [-0.15, -0.1) is 0 Å². The van der Waals surface area contributed by atoms with Gasteiger partial charge in [0.15, 0.2) is 9.84 Å². The molecule has 2 fully saturated rings. The standard InChI is InChI=1S/C29H33N5O2S/c1-37(35,36)27-10-8-25(9-11-27)32-17-19-33(20-18-32)28-12-7-24-13-16-34(29(24)30-28)26-14-15-31(22-26)21-23-5-3-2-4-6-23/h2-13,16,26H,14-15,17-22H2,1H3/t26-/m1/s1. The molecule has 0 N–H and O–H groups in total. The molecule has 6 rings (SSSR count). The molecule has 37 heavy (non-hydrogen) atoms. The summed E-state index contributed by atoms with van der Waals surface area (Å²) in [4.78, 5) is 12.7. The second-order valence-electron chi connectivity index (χ2n) is 10.2. The molecule has 0 bridgehead atoms. The number of likely N-dealkylation sites (tertiary alicyclic amines) is 1. The van der Waals surface area contributed by atoms with Crippen LogP contribution < -0.4 is 9.80 Å². The molecule has 2 aromatic heterocycles. The number of nitrogens with zero attached hydrogens (tertiary/aromatic N) is 5. The normalized spacial score (nSPS) is 19.1. The van der Waals surface area contributed by atoms with Crippen molar-refractivity contribution < 1.29 is 8.42 Å². The van der Waals surface area contributed by atoms with E-state index in [0.29, 0.717) is 10.9 Å². The molecule has 7 nitrogen and oxygen atoms in total. The summed E-state index contributed by atoms with van der Waals surface area (Å²) < 4.78 is 25.9. The van der Waals surface area contributed by atoms with Crippen LogP contribution in [0.25, 0.3) is 11.0 Å². The van der Waals surface area contributed by atoms with E-state index in [2.05, 4.69) is 74.0 Å². The Kier molecular flexibility index (Phi) is 6.38. The van der Waals surface area contributed by atoms with Crippen molar-refractivity contribution in [1.29, 1.82) is 0 Å². The van der Waals surface area contributed by atoms with E-state index in [-0.39, 0.29) is 0 Å². The first-order valence-corrected chi connectivity index (χ1v) is 14.9. The lowest BCUT2D eigenvalue weighted by Crippen LogP contribution is -2.46. The third kappa shape index (κ3) is 5.08.